The summed E-state index contributed by atoms with van der Waals surface area (Å²) in [6.07, 6.45) is 0.311. The van der Waals surface area contributed by atoms with Gasteiger partial charge in [0.2, 0.25) is 5.91 Å². The highest BCUT2D eigenvalue weighted by atomic mass is 16.5. The first-order valence-corrected chi connectivity index (χ1v) is 11.7. The van der Waals surface area contributed by atoms with Gasteiger partial charge in [-0.3, -0.25) is 9.59 Å². The molecule has 1 heterocycles. The number of rotatable bonds is 9. The quantitative estimate of drug-likeness (QED) is 0.436. The van der Waals surface area contributed by atoms with Crippen LogP contribution in [0.3, 0.4) is 0 Å². The second kappa shape index (κ2) is 11.0. The third-order valence-corrected chi connectivity index (χ3v) is 5.92. The van der Waals surface area contributed by atoms with Crippen LogP contribution in [-0.4, -0.2) is 31.6 Å². The Hall–Kier alpha value is -4.00. The van der Waals surface area contributed by atoms with Crippen molar-refractivity contribution < 1.29 is 23.8 Å². The molecule has 0 saturated carbocycles. The van der Waals surface area contributed by atoms with Gasteiger partial charge in [-0.15, -0.1) is 0 Å². The Bertz CT molecular complexity index is 1190. The van der Waals surface area contributed by atoms with Crippen molar-refractivity contribution in [1.82, 2.24) is 0 Å². The molecule has 3 aromatic carbocycles. The maximum absolute atomic E-state index is 13.0. The molecule has 0 radical (unpaired) electrons. The van der Waals surface area contributed by atoms with E-state index in [0.29, 0.717) is 43.1 Å². The zero-order valence-electron chi connectivity index (χ0n) is 20.2. The van der Waals surface area contributed by atoms with Gasteiger partial charge in [0.15, 0.2) is 6.10 Å². The molecule has 4 rings (SSSR count). The lowest BCUT2D eigenvalue weighted by atomic mass is 10.1. The second-order valence-corrected chi connectivity index (χ2v) is 8.47. The third kappa shape index (κ3) is 5.93. The maximum Gasteiger partial charge on any atom is 0.268 e. The molecule has 0 aromatic heterocycles. The monoisotopic (exact) mass is 474 g/mol. The molecule has 7 heteroatoms. The number of hydrogen-bond donors (Lipinski definition) is 1. The third-order valence-electron chi connectivity index (χ3n) is 5.92. The summed E-state index contributed by atoms with van der Waals surface area (Å²) in [6, 6.07) is 20.7. The van der Waals surface area contributed by atoms with Crippen molar-refractivity contribution in [2.75, 3.05) is 23.9 Å². The summed E-state index contributed by atoms with van der Waals surface area (Å²) in [4.78, 5) is 27.2. The molecule has 7 nitrogen and oxygen atoms in total. The number of amides is 2. The summed E-state index contributed by atoms with van der Waals surface area (Å²) in [7, 11) is 1.62. The van der Waals surface area contributed by atoms with Crippen LogP contribution in [0.5, 0.6) is 17.2 Å². The van der Waals surface area contributed by atoms with Crippen LogP contribution in [0.15, 0.2) is 66.7 Å². The molecule has 35 heavy (non-hydrogen) atoms. The number of methoxy groups -OCH3 is 1. The highest BCUT2D eigenvalue weighted by molar-refractivity contribution is 6.01. The van der Waals surface area contributed by atoms with Crippen LogP contribution < -0.4 is 24.4 Å². The minimum atomic E-state index is -0.572. The summed E-state index contributed by atoms with van der Waals surface area (Å²) < 4.78 is 16.6. The molecule has 3 aromatic rings. The molecule has 1 aliphatic heterocycles. The van der Waals surface area contributed by atoms with E-state index in [1.165, 1.54) is 0 Å². The van der Waals surface area contributed by atoms with Crippen molar-refractivity contribution in [1.29, 1.82) is 0 Å². The van der Waals surface area contributed by atoms with Crippen LogP contribution in [0.25, 0.3) is 0 Å². The van der Waals surface area contributed by atoms with Crippen LogP contribution in [0.2, 0.25) is 0 Å². The lowest BCUT2D eigenvalue weighted by Gasteiger charge is -2.33. The van der Waals surface area contributed by atoms with E-state index >= 15 is 0 Å². The Morgan fingerprint density at radius 3 is 2.54 bits per heavy atom. The van der Waals surface area contributed by atoms with E-state index in [4.69, 9.17) is 14.2 Å². The lowest BCUT2D eigenvalue weighted by molar-refractivity contribution is -0.125. The normalized spacial score (nSPS) is 14.7. The van der Waals surface area contributed by atoms with Gasteiger partial charge in [-0.1, -0.05) is 24.3 Å². The van der Waals surface area contributed by atoms with Gasteiger partial charge in [0.25, 0.3) is 5.91 Å². The Morgan fingerprint density at radius 1 is 1.06 bits per heavy atom. The first kappa shape index (κ1) is 24.1. The van der Waals surface area contributed by atoms with Gasteiger partial charge in [0.1, 0.15) is 17.2 Å². The zero-order chi connectivity index (χ0) is 24.8. The molecule has 0 spiro atoms. The molecular formula is C28H30N2O5. The summed E-state index contributed by atoms with van der Waals surface area (Å²) in [5, 5.41) is 2.92. The summed E-state index contributed by atoms with van der Waals surface area (Å²) in [6.45, 7) is 4.64. The van der Waals surface area contributed by atoms with Crippen molar-refractivity contribution in [2.24, 2.45) is 0 Å². The first-order valence-electron chi connectivity index (χ1n) is 11.7. The Morgan fingerprint density at radius 2 is 1.80 bits per heavy atom. The predicted octanol–water partition coefficient (Wildman–Crippen LogP) is 5.12. The van der Waals surface area contributed by atoms with Crippen molar-refractivity contribution in [3.63, 3.8) is 0 Å². The Balaban J connectivity index is 1.37. The Labute approximate surface area is 205 Å². The van der Waals surface area contributed by atoms with Crippen LogP contribution >= 0.6 is 0 Å². The molecule has 1 aliphatic rings. The number of hydrogen-bond acceptors (Lipinski definition) is 5. The lowest BCUT2D eigenvalue weighted by Crippen LogP contribution is -2.44. The van der Waals surface area contributed by atoms with Crippen LogP contribution in [-0.2, 0) is 16.1 Å². The van der Waals surface area contributed by atoms with Gasteiger partial charge in [0.05, 0.1) is 25.9 Å². The number of aryl methyl sites for hydroxylation is 1. The van der Waals surface area contributed by atoms with E-state index in [2.05, 4.69) is 5.32 Å². The molecule has 182 valence electrons. The fourth-order valence-electron chi connectivity index (χ4n) is 3.92. The SMILES string of the molecule is COc1ccc(OCCCC(=O)Nc2ccc3c(c2)N(Cc2ccccc2C)C(=O)C(C)O3)cc1. The van der Waals surface area contributed by atoms with Crippen LogP contribution in [0.4, 0.5) is 11.4 Å². The van der Waals surface area contributed by atoms with Crippen molar-refractivity contribution in [3.8, 4) is 17.2 Å². The first-order chi connectivity index (χ1) is 16.9. The van der Waals surface area contributed by atoms with Gasteiger partial charge >= 0.3 is 0 Å². The molecule has 0 bridgehead atoms. The van der Waals surface area contributed by atoms with E-state index in [-0.39, 0.29) is 11.8 Å². The minimum Gasteiger partial charge on any atom is -0.497 e. The number of ether oxygens (including phenoxy) is 3. The molecule has 2 amide bonds. The number of fused-ring (bicyclic) bond motifs is 1. The van der Waals surface area contributed by atoms with E-state index in [1.807, 2.05) is 55.5 Å². The minimum absolute atomic E-state index is 0.111. The van der Waals surface area contributed by atoms with Gasteiger partial charge in [-0.25, -0.2) is 0 Å². The van der Waals surface area contributed by atoms with Gasteiger partial charge in [-0.05, 0) is 73.9 Å². The molecule has 0 saturated heterocycles. The smallest absolute Gasteiger partial charge is 0.268 e. The van der Waals surface area contributed by atoms with E-state index < -0.39 is 6.10 Å². The van der Waals surface area contributed by atoms with E-state index in [0.717, 1.165) is 22.6 Å². The Kier molecular flexibility index (Phi) is 7.55. The molecule has 1 N–H and O–H groups in total. The van der Waals surface area contributed by atoms with Crippen LogP contribution in [0, 0.1) is 6.92 Å². The standard InChI is InChI=1S/C28H30N2O5/c1-19-7-4-5-8-21(19)18-30-25-17-22(10-15-26(25)35-20(2)28(30)32)29-27(31)9-6-16-34-24-13-11-23(33-3)12-14-24/h4-5,7-8,10-15,17,20H,6,9,16,18H2,1-3H3,(H,29,31). The molecule has 0 aliphatic carbocycles. The van der Waals surface area contributed by atoms with Crippen LogP contribution in [0.1, 0.15) is 30.9 Å². The van der Waals surface area contributed by atoms with Crippen molar-refractivity contribution >= 4 is 23.2 Å². The zero-order valence-corrected chi connectivity index (χ0v) is 20.2. The van der Waals surface area contributed by atoms with Gasteiger partial charge in [-0.2, -0.15) is 0 Å². The maximum atomic E-state index is 13.0. The summed E-state index contributed by atoms with van der Waals surface area (Å²) in [5.74, 6) is 1.89. The highest BCUT2D eigenvalue weighted by Crippen LogP contribution is 2.37. The largest absolute Gasteiger partial charge is 0.497 e. The van der Waals surface area contributed by atoms with Gasteiger partial charge < -0.3 is 24.4 Å². The molecule has 1 unspecified atom stereocenters. The number of carbonyl (C=O) groups is 2. The highest BCUT2D eigenvalue weighted by Gasteiger charge is 2.32. The topological polar surface area (TPSA) is 77.1 Å². The fourth-order valence-corrected chi connectivity index (χ4v) is 3.92. The summed E-state index contributed by atoms with van der Waals surface area (Å²) >= 11 is 0. The van der Waals surface area contributed by atoms with E-state index in [1.54, 1.807) is 37.1 Å². The van der Waals surface area contributed by atoms with E-state index in [9.17, 15) is 9.59 Å². The molecular weight excluding hydrogens is 444 g/mol. The molecule has 1 atom stereocenters. The number of carbonyl (C=O) groups excluding carboxylic acids is 2. The number of anilines is 2. The number of nitrogens with one attached hydrogen (secondary N) is 1. The number of nitrogens with zero attached hydrogens (tertiary/aromatic N) is 1. The second-order valence-electron chi connectivity index (χ2n) is 8.47. The van der Waals surface area contributed by atoms with Gasteiger partial charge in [0, 0.05) is 12.1 Å². The van der Waals surface area contributed by atoms with Crippen molar-refractivity contribution in [3.05, 3.63) is 77.9 Å². The molecule has 0 fully saturated rings. The number of benzene rings is 3. The summed E-state index contributed by atoms with van der Waals surface area (Å²) in [5.41, 5.74) is 3.44. The average molecular weight is 475 g/mol. The average Bonchev–Trinajstić information content (AvgIpc) is 2.86. The van der Waals surface area contributed by atoms with Crippen molar-refractivity contribution in [2.45, 2.75) is 39.3 Å². The fraction of sp³-hybridized carbons (Fsp3) is 0.286. The predicted molar refractivity (Wildman–Crippen MR) is 135 cm³/mol.